The molecule has 0 saturated carbocycles. The number of aliphatic hydroxyl groups is 2. The van der Waals surface area contributed by atoms with Gasteiger partial charge in [-0.1, -0.05) is 0 Å². The van der Waals surface area contributed by atoms with E-state index in [0.29, 0.717) is 13.2 Å². The largest absolute Gasteiger partial charge is 0.437 e. The number of rotatable bonds is 22. The summed E-state index contributed by atoms with van der Waals surface area (Å²) in [5.74, 6) is 0. The van der Waals surface area contributed by atoms with Gasteiger partial charge in [0, 0.05) is 13.2 Å². The molecule has 0 unspecified atom stereocenters. The molecule has 0 aromatic carbocycles. The lowest BCUT2D eigenvalue weighted by molar-refractivity contribution is -0.0767. The van der Waals surface area contributed by atoms with Crippen molar-refractivity contribution in [2.75, 3.05) is 39.6 Å². The lowest BCUT2D eigenvalue weighted by Crippen LogP contribution is -2.51. The Morgan fingerprint density at radius 3 is 1.05 bits per heavy atom. The van der Waals surface area contributed by atoms with Gasteiger partial charge >= 0.3 is 17.1 Å². The lowest BCUT2D eigenvalue weighted by Gasteiger charge is -2.37. The molecule has 0 aliphatic rings. The molecule has 0 rings (SSSR count). The molecule has 0 bridgehead atoms. The van der Waals surface area contributed by atoms with E-state index in [2.05, 4.69) is 91.7 Å². The van der Waals surface area contributed by atoms with Crippen LogP contribution in [0.25, 0.3) is 0 Å². The SMILES string of the molecule is C[Si](C)(C)O[Si](C)(C)O[Si](C)(C)CCCOCC(CO)(CO)COCCC[Si](C)(C)O[Si](C)(C)O[Si](C)(C)C. The first-order valence-electron chi connectivity index (χ1n) is 14.5. The van der Waals surface area contributed by atoms with E-state index in [1.807, 2.05) is 0 Å². The van der Waals surface area contributed by atoms with Crippen molar-refractivity contribution in [1.82, 2.24) is 0 Å². The van der Waals surface area contributed by atoms with Crippen LogP contribution >= 0.6 is 0 Å². The third-order valence-corrected chi connectivity index (χ3v) is 26.1. The molecule has 0 aliphatic carbocycles. The van der Waals surface area contributed by atoms with Gasteiger partial charge in [0.1, 0.15) is 0 Å². The molecule has 14 heteroatoms. The molecule has 8 nitrogen and oxygen atoms in total. The predicted molar refractivity (Wildman–Crippen MR) is 178 cm³/mol. The van der Waals surface area contributed by atoms with E-state index >= 15 is 0 Å². The first kappa shape index (κ1) is 40.0. The molecule has 0 saturated heterocycles. The monoisotopic (exact) mass is 660 g/mol. The number of hydrogen-bond donors (Lipinski definition) is 2. The van der Waals surface area contributed by atoms with Crippen molar-refractivity contribution >= 4 is 50.4 Å². The zero-order valence-corrected chi connectivity index (χ0v) is 33.9. The molecule has 236 valence electrons. The second-order valence-corrected chi connectivity index (χ2v) is 40.4. The summed E-state index contributed by atoms with van der Waals surface area (Å²) in [5.41, 5.74) is -0.799. The Morgan fingerprint density at radius 1 is 0.487 bits per heavy atom. The fraction of sp³-hybridized carbons (Fsp3) is 1.00. The van der Waals surface area contributed by atoms with Crippen molar-refractivity contribution < 1.29 is 36.1 Å². The van der Waals surface area contributed by atoms with Crippen LogP contribution in [0.4, 0.5) is 0 Å². The lowest BCUT2D eigenvalue weighted by atomic mass is 9.92. The molecule has 0 atom stereocenters. The van der Waals surface area contributed by atoms with Gasteiger partial charge in [-0.25, -0.2) is 0 Å². The summed E-state index contributed by atoms with van der Waals surface area (Å²) in [5, 5.41) is 20.1. The number of ether oxygens (including phenoxy) is 2. The molecule has 0 spiro atoms. The maximum absolute atomic E-state index is 10.0. The van der Waals surface area contributed by atoms with Crippen LogP contribution < -0.4 is 0 Å². The fourth-order valence-corrected chi connectivity index (χ4v) is 31.3. The molecular formula is C25H64O8Si6. The van der Waals surface area contributed by atoms with Gasteiger partial charge in [-0.3, -0.25) is 0 Å². The third-order valence-electron chi connectivity index (χ3n) is 5.77. The molecule has 39 heavy (non-hydrogen) atoms. The van der Waals surface area contributed by atoms with Gasteiger partial charge < -0.3 is 36.1 Å². The maximum atomic E-state index is 10.0. The molecule has 0 aliphatic heterocycles. The topological polar surface area (TPSA) is 95.8 Å². The average molecular weight is 661 g/mol. The van der Waals surface area contributed by atoms with Crippen LogP contribution in [0.2, 0.25) is 104 Å². The first-order chi connectivity index (χ1) is 17.4. The van der Waals surface area contributed by atoms with Crippen LogP contribution in [-0.2, 0) is 25.9 Å². The van der Waals surface area contributed by atoms with E-state index in [1.54, 1.807) is 0 Å². The minimum atomic E-state index is -2.15. The second kappa shape index (κ2) is 16.2. The average Bonchev–Trinajstić information content (AvgIpc) is 2.66. The molecule has 0 fully saturated rings. The van der Waals surface area contributed by atoms with Crippen molar-refractivity contribution in [2.45, 2.75) is 117 Å². The molecule has 0 aromatic heterocycles. The summed E-state index contributed by atoms with van der Waals surface area (Å²) < 4.78 is 37.7. The van der Waals surface area contributed by atoms with Crippen LogP contribution in [0.1, 0.15) is 12.8 Å². The van der Waals surface area contributed by atoms with E-state index in [1.165, 1.54) is 0 Å². The minimum absolute atomic E-state index is 0.183. The van der Waals surface area contributed by atoms with E-state index in [0.717, 1.165) is 24.9 Å². The summed E-state index contributed by atoms with van der Waals surface area (Å²) in [6.07, 6.45) is 1.76. The molecule has 0 radical (unpaired) electrons. The summed E-state index contributed by atoms with van der Waals surface area (Å²) in [7, 11) is -11.3. The molecule has 2 N–H and O–H groups in total. The first-order valence-corrected chi connectivity index (χ1v) is 33.2. The quantitative estimate of drug-likeness (QED) is 0.103. The van der Waals surface area contributed by atoms with Crippen molar-refractivity contribution in [3.8, 4) is 0 Å². The highest BCUT2D eigenvalue weighted by atomic mass is 28.5. The molecule has 0 heterocycles. The van der Waals surface area contributed by atoms with Crippen LogP contribution in [-0.4, -0.2) is 100 Å². The summed E-state index contributed by atoms with van der Waals surface area (Å²) in [4.78, 5) is 0. The summed E-state index contributed by atoms with van der Waals surface area (Å²) in [6.45, 7) is 32.1. The normalized spacial score (nSPS) is 14.8. The highest BCUT2D eigenvalue weighted by Gasteiger charge is 2.39. The van der Waals surface area contributed by atoms with Crippen LogP contribution in [0.3, 0.4) is 0 Å². The number of aliphatic hydroxyl groups excluding tert-OH is 2. The van der Waals surface area contributed by atoms with Crippen LogP contribution in [0.15, 0.2) is 0 Å². The zero-order valence-electron chi connectivity index (χ0n) is 27.9. The van der Waals surface area contributed by atoms with Gasteiger partial charge in [0.25, 0.3) is 0 Å². The van der Waals surface area contributed by atoms with Crippen LogP contribution in [0, 0.1) is 5.41 Å². The van der Waals surface area contributed by atoms with E-state index < -0.39 is 55.8 Å². The van der Waals surface area contributed by atoms with Gasteiger partial charge in [0.05, 0.1) is 31.8 Å². The van der Waals surface area contributed by atoms with Gasteiger partial charge in [0.15, 0.2) is 33.3 Å². The standard InChI is InChI=1S/C25H64O8Si6/c1-34(2,3)30-38(11,12)32-36(7,8)19-15-17-28-23-25(21-26,22-27)24-29-18-16-20-37(9,10)33-39(13,14)31-35(4,5)6/h26-27H,15-24H2,1-14H3. The highest BCUT2D eigenvalue weighted by molar-refractivity contribution is 6.88. The van der Waals surface area contributed by atoms with E-state index in [-0.39, 0.29) is 26.4 Å². The Morgan fingerprint density at radius 2 is 0.795 bits per heavy atom. The fourth-order valence-electron chi connectivity index (χ4n) is 5.00. The Bertz CT molecular complexity index is 635. The van der Waals surface area contributed by atoms with E-state index in [4.69, 9.17) is 25.9 Å². The molecule has 0 aromatic rings. The van der Waals surface area contributed by atoms with Gasteiger partial charge in [-0.05, 0) is 117 Å². The Kier molecular flexibility index (Phi) is 16.6. The van der Waals surface area contributed by atoms with Crippen molar-refractivity contribution in [1.29, 1.82) is 0 Å². The molecule has 0 amide bonds. The zero-order chi connectivity index (χ0) is 30.8. The smallest absolute Gasteiger partial charge is 0.311 e. The minimum Gasteiger partial charge on any atom is -0.437 e. The Labute approximate surface area is 247 Å². The Hall–Kier alpha value is 0.981. The summed E-state index contributed by atoms with van der Waals surface area (Å²) >= 11 is 0. The van der Waals surface area contributed by atoms with Crippen LogP contribution in [0.5, 0.6) is 0 Å². The Balaban J connectivity index is 4.52. The highest BCUT2D eigenvalue weighted by Crippen LogP contribution is 2.26. The summed E-state index contributed by atoms with van der Waals surface area (Å²) in [6, 6.07) is 1.95. The van der Waals surface area contributed by atoms with Crippen molar-refractivity contribution in [3.63, 3.8) is 0 Å². The second-order valence-electron chi connectivity index (χ2n) is 15.1. The van der Waals surface area contributed by atoms with Gasteiger partial charge in [0.2, 0.25) is 0 Å². The van der Waals surface area contributed by atoms with Gasteiger partial charge in [-0.2, -0.15) is 0 Å². The van der Waals surface area contributed by atoms with E-state index in [9.17, 15) is 10.2 Å². The third kappa shape index (κ3) is 20.5. The van der Waals surface area contributed by atoms with Gasteiger partial charge in [-0.15, -0.1) is 0 Å². The predicted octanol–water partition coefficient (Wildman–Crippen LogP) is 6.32. The maximum Gasteiger partial charge on any atom is 0.311 e. The number of hydrogen-bond acceptors (Lipinski definition) is 8. The molecular weight excluding hydrogens is 597 g/mol. The van der Waals surface area contributed by atoms with Crippen molar-refractivity contribution in [3.05, 3.63) is 0 Å². The van der Waals surface area contributed by atoms with Crippen molar-refractivity contribution in [2.24, 2.45) is 5.41 Å².